The summed E-state index contributed by atoms with van der Waals surface area (Å²) < 4.78 is 0. The molecule has 1 aromatic heterocycles. The Hall–Kier alpha value is -1.00. The lowest BCUT2D eigenvalue weighted by Crippen LogP contribution is -2.26. The molecule has 3 N–H and O–H groups in total. The molecule has 4 nitrogen and oxygen atoms in total. The third kappa shape index (κ3) is 3.05. The van der Waals surface area contributed by atoms with Crippen molar-refractivity contribution >= 4 is 23.0 Å². The molecular weight excluding hydrogens is 202 g/mol. The van der Waals surface area contributed by atoms with Crippen LogP contribution in [0.15, 0.2) is 12.3 Å². The molecule has 78 valence electrons. The standard InChI is InChI=1S/C9H14ClN3O/c1-9(2,3)12-6-4-8(10)11-5-7(6)13-14/h4-5,13-14H,1-3H3,(H,11,12). The van der Waals surface area contributed by atoms with Crippen molar-refractivity contribution in [1.82, 2.24) is 4.98 Å². The van der Waals surface area contributed by atoms with Crippen LogP contribution in [0.3, 0.4) is 0 Å². The maximum absolute atomic E-state index is 8.83. The smallest absolute Gasteiger partial charge is 0.131 e. The largest absolute Gasteiger partial charge is 0.379 e. The van der Waals surface area contributed by atoms with Crippen molar-refractivity contribution in [1.29, 1.82) is 0 Å². The Morgan fingerprint density at radius 1 is 1.36 bits per heavy atom. The Balaban J connectivity index is 2.99. The lowest BCUT2D eigenvalue weighted by Gasteiger charge is -2.23. The van der Waals surface area contributed by atoms with E-state index in [0.29, 0.717) is 10.8 Å². The van der Waals surface area contributed by atoms with Crippen molar-refractivity contribution in [2.75, 3.05) is 10.8 Å². The number of nitrogens with zero attached hydrogens (tertiary/aromatic N) is 1. The van der Waals surface area contributed by atoms with E-state index >= 15 is 0 Å². The van der Waals surface area contributed by atoms with Gasteiger partial charge in [-0.2, -0.15) is 0 Å². The molecule has 0 aromatic carbocycles. The van der Waals surface area contributed by atoms with Gasteiger partial charge in [0.25, 0.3) is 0 Å². The van der Waals surface area contributed by atoms with Crippen molar-refractivity contribution in [3.05, 3.63) is 17.4 Å². The summed E-state index contributed by atoms with van der Waals surface area (Å²) in [4.78, 5) is 3.84. The lowest BCUT2D eigenvalue weighted by molar-refractivity contribution is 0.389. The number of aromatic nitrogens is 1. The molecule has 0 spiro atoms. The second kappa shape index (κ2) is 4.02. The molecule has 0 aliphatic rings. The van der Waals surface area contributed by atoms with Gasteiger partial charge >= 0.3 is 0 Å². The van der Waals surface area contributed by atoms with Crippen LogP contribution >= 0.6 is 11.6 Å². The highest BCUT2D eigenvalue weighted by Gasteiger charge is 2.12. The fourth-order valence-corrected chi connectivity index (χ4v) is 1.18. The monoisotopic (exact) mass is 215 g/mol. The molecule has 0 radical (unpaired) electrons. The number of hydrogen-bond donors (Lipinski definition) is 3. The minimum atomic E-state index is -0.101. The van der Waals surface area contributed by atoms with E-state index in [1.54, 1.807) is 6.07 Å². The highest BCUT2D eigenvalue weighted by molar-refractivity contribution is 6.29. The van der Waals surface area contributed by atoms with E-state index in [0.717, 1.165) is 5.69 Å². The average Bonchev–Trinajstić information content (AvgIpc) is 2.01. The maximum Gasteiger partial charge on any atom is 0.131 e. The molecule has 0 amide bonds. The summed E-state index contributed by atoms with van der Waals surface area (Å²) >= 11 is 5.74. The highest BCUT2D eigenvalue weighted by atomic mass is 35.5. The molecule has 1 rings (SSSR count). The molecule has 0 aliphatic carbocycles. The first-order chi connectivity index (χ1) is 6.42. The minimum absolute atomic E-state index is 0.101. The second-order valence-electron chi connectivity index (χ2n) is 4.04. The molecule has 0 saturated carbocycles. The first-order valence-electron chi connectivity index (χ1n) is 4.26. The van der Waals surface area contributed by atoms with Crippen LogP contribution in [-0.4, -0.2) is 15.7 Å². The van der Waals surface area contributed by atoms with Gasteiger partial charge in [-0.3, -0.25) is 10.7 Å². The number of hydrogen-bond acceptors (Lipinski definition) is 4. The Morgan fingerprint density at radius 3 is 2.50 bits per heavy atom. The van der Waals surface area contributed by atoms with Gasteiger partial charge in [0.1, 0.15) is 10.8 Å². The zero-order valence-electron chi connectivity index (χ0n) is 8.43. The summed E-state index contributed by atoms with van der Waals surface area (Å²) in [6, 6.07) is 1.66. The van der Waals surface area contributed by atoms with E-state index in [-0.39, 0.29) is 5.54 Å². The van der Waals surface area contributed by atoms with Gasteiger partial charge in [-0.15, -0.1) is 0 Å². The molecule has 1 aromatic rings. The van der Waals surface area contributed by atoms with Crippen molar-refractivity contribution in [2.24, 2.45) is 0 Å². The van der Waals surface area contributed by atoms with Crippen LogP contribution in [0.25, 0.3) is 0 Å². The van der Waals surface area contributed by atoms with Crippen molar-refractivity contribution < 1.29 is 5.21 Å². The fourth-order valence-electron chi connectivity index (χ4n) is 1.03. The summed E-state index contributed by atoms with van der Waals surface area (Å²) in [5.74, 6) is 0. The van der Waals surface area contributed by atoms with Crippen LogP contribution in [-0.2, 0) is 0 Å². The molecular formula is C9H14ClN3O. The summed E-state index contributed by atoms with van der Waals surface area (Å²) in [5.41, 5.74) is 3.19. The summed E-state index contributed by atoms with van der Waals surface area (Å²) in [6.45, 7) is 6.05. The van der Waals surface area contributed by atoms with Crippen molar-refractivity contribution in [3.8, 4) is 0 Å². The quantitative estimate of drug-likeness (QED) is 0.525. The SMILES string of the molecule is CC(C)(C)Nc1cc(Cl)ncc1NO. The number of nitrogens with one attached hydrogen (secondary N) is 2. The van der Waals surface area contributed by atoms with Gasteiger partial charge in [-0.1, -0.05) is 11.6 Å². The van der Waals surface area contributed by atoms with Crippen molar-refractivity contribution in [3.63, 3.8) is 0 Å². The van der Waals surface area contributed by atoms with E-state index in [9.17, 15) is 0 Å². The highest BCUT2D eigenvalue weighted by Crippen LogP contribution is 2.25. The molecule has 0 aliphatic heterocycles. The van der Waals surface area contributed by atoms with E-state index in [4.69, 9.17) is 16.8 Å². The van der Waals surface area contributed by atoms with Crippen LogP contribution in [0.4, 0.5) is 11.4 Å². The zero-order chi connectivity index (χ0) is 10.8. The molecule has 5 heteroatoms. The lowest BCUT2D eigenvalue weighted by atomic mass is 10.1. The number of halogens is 1. The normalized spacial score (nSPS) is 11.2. The Kier molecular flexibility index (Phi) is 3.18. The third-order valence-corrected chi connectivity index (χ3v) is 1.71. The first kappa shape index (κ1) is 11.1. The summed E-state index contributed by atoms with van der Waals surface area (Å²) in [7, 11) is 0. The Bertz CT molecular complexity index is 322. The maximum atomic E-state index is 8.83. The van der Waals surface area contributed by atoms with Gasteiger partial charge in [-0.05, 0) is 20.8 Å². The van der Waals surface area contributed by atoms with Crippen LogP contribution in [0.5, 0.6) is 0 Å². The van der Waals surface area contributed by atoms with Gasteiger partial charge in [0.2, 0.25) is 0 Å². The van der Waals surface area contributed by atoms with Crippen LogP contribution in [0.1, 0.15) is 20.8 Å². The van der Waals surface area contributed by atoms with Crippen molar-refractivity contribution in [2.45, 2.75) is 26.3 Å². The predicted molar refractivity (Wildman–Crippen MR) is 58.0 cm³/mol. The second-order valence-corrected chi connectivity index (χ2v) is 4.43. The minimum Gasteiger partial charge on any atom is -0.379 e. The molecule has 0 unspecified atom stereocenters. The number of anilines is 2. The molecule has 1 heterocycles. The molecule has 0 saturated heterocycles. The summed E-state index contributed by atoms with van der Waals surface area (Å²) in [6.07, 6.45) is 1.47. The van der Waals surface area contributed by atoms with E-state index < -0.39 is 0 Å². The van der Waals surface area contributed by atoms with Gasteiger partial charge in [0.05, 0.1) is 11.9 Å². The van der Waals surface area contributed by atoms with E-state index in [1.807, 2.05) is 20.8 Å². The molecule has 14 heavy (non-hydrogen) atoms. The van der Waals surface area contributed by atoms with E-state index in [2.05, 4.69) is 15.8 Å². The average molecular weight is 216 g/mol. The zero-order valence-corrected chi connectivity index (χ0v) is 9.18. The molecule has 0 fully saturated rings. The van der Waals surface area contributed by atoms with Crippen LogP contribution in [0.2, 0.25) is 5.15 Å². The summed E-state index contributed by atoms with van der Waals surface area (Å²) in [5, 5.41) is 12.4. The Labute approximate surface area is 88.3 Å². The Morgan fingerprint density at radius 2 is 2.00 bits per heavy atom. The topological polar surface area (TPSA) is 57.2 Å². The van der Waals surface area contributed by atoms with Gasteiger partial charge < -0.3 is 5.32 Å². The van der Waals surface area contributed by atoms with Crippen LogP contribution in [0, 0.1) is 0 Å². The fraction of sp³-hybridized carbons (Fsp3) is 0.444. The van der Waals surface area contributed by atoms with Crippen LogP contribution < -0.4 is 10.8 Å². The van der Waals surface area contributed by atoms with Gasteiger partial charge in [0, 0.05) is 11.6 Å². The molecule has 0 atom stereocenters. The number of rotatable bonds is 2. The van der Waals surface area contributed by atoms with Gasteiger partial charge in [0.15, 0.2) is 0 Å². The first-order valence-corrected chi connectivity index (χ1v) is 4.64. The van der Waals surface area contributed by atoms with Gasteiger partial charge in [-0.25, -0.2) is 4.98 Å². The number of pyridine rings is 1. The molecule has 0 bridgehead atoms. The predicted octanol–water partition coefficient (Wildman–Crippen LogP) is 2.75. The van der Waals surface area contributed by atoms with E-state index in [1.165, 1.54) is 6.20 Å². The third-order valence-electron chi connectivity index (χ3n) is 1.50.